The fourth-order valence-electron chi connectivity index (χ4n) is 4.66. The van der Waals surface area contributed by atoms with Gasteiger partial charge in [-0.2, -0.15) is 0 Å². The fraction of sp³-hybridized carbons (Fsp3) is 0.500. The molecular weight excluding hydrogens is 240 g/mol. The van der Waals surface area contributed by atoms with Crippen LogP contribution < -0.4 is 0 Å². The molecule has 0 bridgehead atoms. The molecule has 2 atom stereocenters. The number of benzene rings is 1. The molecule has 0 saturated heterocycles. The Balaban J connectivity index is 1.84. The summed E-state index contributed by atoms with van der Waals surface area (Å²) in [7, 11) is 0. The summed E-state index contributed by atoms with van der Waals surface area (Å²) < 4.78 is 0. The third-order valence-electron chi connectivity index (χ3n) is 5.91. The summed E-state index contributed by atoms with van der Waals surface area (Å²) in [6.07, 6.45) is 13.2. The van der Waals surface area contributed by atoms with E-state index in [4.69, 9.17) is 0 Å². The van der Waals surface area contributed by atoms with E-state index in [1.807, 2.05) is 0 Å². The summed E-state index contributed by atoms with van der Waals surface area (Å²) >= 11 is 0. The minimum absolute atomic E-state index is 0.277. The molecule has 2 unspecified atom stereocenters. The molecule has 0 radical (unpaired) electrons. The predicted molar refractivity (Wildman–Crippen MR) is 85.7 cm³/mol. The van der Waals surface area contributed by atoms with Crippen molar-refractivity contribution >= 4 is 5.57 Å². The average Bonchev–Trinajstić information content (AvgIpc) is 3.23. The molecule has 1 aromatic rings. The Morgan fingerprint density at radius 2 is 2.00 bits per heavy atom. The summed E-state index contributed by atoms with van der Waals surface area (Å²) in [5.41, 5.74) is 6.57. The van der Waals surface area contributed by atoms with Crippen molar-refractivity contribution in [2.45, 2.75) is 50.9 Å². The van der Waals surface area contributed by atoms with Gasteiger partial charge in [-0.05, 0) is 60.3 Å². The number of aryl methyl sites for hydroxylation is 1. The number of hydrogen-bond acceptors (Lipinski definition) is 0. The Kier molecular flexibility index (Phi) is 2.70. The highest BCUT2D eigenvalue weighted by atomic mass is 14.6. The molecule has 20 heavy (non-hydrogen) atoms. The average molecular weight is 264 g/mol. The van der Waals surface area contributed by atoms with Crippen LogP contribution in [0.3, 0.4) is 0 Å². The number of hydrogen-bond donors (Lipinski definition) is 0. The fourth-order valence-corrected chi connectivity index (χ4v) is 4.66. The summed E-state index contributed by atoms with van der Waals surface area (Å²) in [6, 6.07) is 6.88. The zero-order valence-corrected chi connectivity index (χ0v) is 12.5. The molecule has 0 aliphatic heterocycles. The highest BCUT2D eigenvalue weighted by molar-refractivity contribution is 5.79. The third kappa shape index (κ3) is 1.60. The molecule has 0 amide bonds. The normalized spacial score (nSPS) is 32.0. The smallest absolute Gasteiger partial charge is 0.0205 e. The second kappa shape index (κ2) is 4.35. The standard InChI is InChI=1S/C20H24/c1-3-20-13-16(20)12-17(15-9-5-4-6-10-15)19-14(2)8-7-11-18(19)20/h3,7-8,11-12,15-16H,1,4-6,9-10,13H2,2H3. The molecule has 0 N–H and O–H groups in total. The Morgan fingerprint density at radius 1 is 1.20 bits per heavy atom. The zero-order chi connectivity index (χ0) is 13.7. The van der Waals surface area contributed by atoms with Gasteiger partial charge in [0.1, 0.15) is 0 Å². The van der Waals surface area contributed by atoms with Gasteiger partial charge in [0, 0.05) is 5.41 Å². The molecule has 4 rings (SSSR count). The van der Waals surface area contributed by atoms with Crippen LogP contribution in [-0.2, 0) is 5.41 Å². The largest absolute Gasteiger partial charge is 0.102 e. The van der Waals surface area contributed by atoms with E-state index in [9.17, 15) is 0 Å². The quantitative estimate of drug-likeness (QED) is 0.626. The highest BCUT2D eigenvalue weighted by Gasteiger charge is 2.55. The Morgan fingerprint density at radius 3 is 2.75 bits per heavy atom. The second-order valence-corrected chi connectivity index (χ2v) is 7.01. The van der Waals surface area contributed by atoms with Gasteiger partial charge in [0.15, 0.2) is 0 Å². The van der Waals surface area contributed by atoms with E-state index in [0.29, 0.717) is 0 Å². The van der Waals surface area contributed by atoms with Crippen molar-refractivity contribution in [1.82, 2.24) is 0 Å². The van der Waals surface area contributed by atoms with Crippen LogP contribution in [0.25, 0.3) is 5.57 Å². The first-order valence-electron chi connectivity index (χ1n) is 8.22. The van der Waals surface area contributed by atoms with Crippen molar-refractivity contribution in [3.63, 3.8) is 0 Å². The first-order chi connectivity index (χ1) is 9.76. The van der Waals surface area contributed by atoms with Crippen LogP contribution in [-0.4, -0.2) is 0 Å². The van der Waals surface area contributed by atoms with Crippen molar-refractivity contribution in [3.05, 3.63) is 53.6 Å². The summed E-state index contributed by atoms with van der Waals surface area (Å²) in [5.74, 6) is 1.54. The van der Waals surface area contributed by atoms with Gasteiger partial charge in [-0.25, -0.2) is 0 Å². The van der Waals surface area contributed by atoms with Crippen LogP contribution in [0.4, 0.5) is 0 Å². The molecule has 3 aliphatic rings. The maximum Gasteiger partial charge on any atom is 0.0205 e. The van der Waals surface area contributed by atoms with E-state index in [1.165, 1.54) is 44.1 Å². The molecule has 0 nitrogen and oxygen atoms in total. The van der Waals surface area contributed by atoms with Gasteiger partial charge in [0.25, 0.3) is 0 Å². The van der Waals surface area contributed by atoms with E-state index in [-0.39, 0.29) is 5.41 Å². The van der Waals surface area contributed by atoms with Crippen LogP contribution in [0.1, 0.15) is 55.2 Å². The van der Waals surface area contributed by atoms with Gasteiger partial charge in [-0.15, -0.1) is 6.58 Å². The minimum atomic E-state index is 0.277. The van der Waals surface area contributed by atoms with Crippen molar-refractivity contribution in [1.29, 1.82) is 0 Å². The van der Waals surface area contributed by atoms with Gasteiger partial charge < -0.3 is 0 Å². The molecule has 0 heteroatoms. The minimum Gasteiger partial charge on any atom is -0.102 e. The lowest BCUT2D eigenvalue weighted by molar-refractivity contribution is 0.427. The van der Waals surface area contributed by atoms with E-state index in [2.05, 4.69) is 43.9 Å². The van der Waals surface area contributed by atoms with Crippen LogP contribution >= 0.6 is 0 Å². The molecule has 1 aromatic carbocycles. The second-order valence-electron chi connectivity index (χ2n) is 7.01. The monoisotopic (exact) mass is 264 g/mol. The maximum absolute atomic E-state index is 4.13. The Hall–Kier alpha value is -1.30. The highest BCUT2D eigenvalue weighted by Crippen LogP contribution is 2.62. The van der Waals surface area contributed by atoms with E-state index in [1.54, 1.807) is 16.7 Å². The van der Waals surface area contributed by atoms with Crippen LogP contribution in [0.2, 0.25) is 0 Å². The lowest BCUT2D eigenvalue weighted by Crippen LogP contribution is -2.19. The summed E-state index contributed by atoms with van der Waals surface area (Å²) in [5, 5.41) is 0. The van der Waals surface area contributed by atoms with Gasteiger partial charge in [0.2, 0.25) is 0 Å². The molecule has 0 aromatic heterocycles. The Labute approximate surface area is 122 Å². The lowest BCUT2D eigenvalue weighted by atomic mass is 9.73. The van der Waals surface area contributed by atoms with Gasteiger partial charge in [-0.3, -0.25) is 0 Å². The molecule has 2 fully saturated rings. The van der Waals surface area contributed by atoms with Gasteiger partial charge >= 0.3 is 0 Å². The first-order valence-corrected chi connectivity index (χ1v) is 8.22. The van der Waals surface area contributed by atoms with E-state index >= 15 is 0 Å². The summed E-state index contributed by atoms with van der Waals surface area (Å²) in [6.45, 7) is 6.42. The van der Waals surface area contributed by atoms with Gasteiger partial charge in [-0.1, -0.05) is 49.6 Å². The SMILES string of the molecule is C=CC12CC1C=C(C1CCCCC1)c1c(C)cccc12. The third-order valence-corrected chi connectivity index (χ3v) is 5.91. The van der Waals surface area contributed by atoms with Gasteiger partial charge in [0.05, 0.1) is 0 Å². The maximum atomic E-state index is 4.13. The topological polar surface area (TPSA) is 0 Å². The predicted octanol–water partition coefficient (Wildman–Crippen LogP) is 5.42. The lowest BCUT2D eigenvalue weighted by Gasteiger charge is -2.32. The molecular formula is C20H24. The Bertz CT molecular complexity index is 586. The van der Waals surface area contributed by atoms with Crippen molar-refractivity contribution < 1.29 is 0 Å². The van der Waals surface area contributed by atoms with Crippen LogP contribution in [0.5, 0.6) is 0 Å². The number of allylic oxidation sites excluding steroid dienone is 3. The summed E-state index contributed by atoms with van der Waals surface area (Å²) in [4.78, 5) is 0. The molecule has 0 spiro atoms. The number of fused-ring (bicyclic) bond motifs is 3. The van der Waals surface area contributed by atoms with Crippen LogP contribution in [0, 0.1) is 18.8 Å². The van der Waals surface area contributed by atoms with Crippen LogP contribution in [0.15, 0.2) is 36.9 Å². The first kappa shape index (κ1) is 12.4. The van der Waals surface area contributed by atoms with Crippen molar-refractivity contribution in [2.75, 3.05) is 0 Å². The molecule has 104 valence electrons. The molecule has 0 heterocycles. The van der Waals surface area contributed by atoms with Crippen molar-refractivity contribution in [2.24, 2.45) is 11.8 Å². The zero-order valence-electron chi connectivity index (χ0n) is 12.5. The van der Waals surface area contributed by atoms with Crippen molar-refractivity contribution in [3.8, 4) is 0 Å². The molecule has 2 saturated carbocycles. The van der Waals surface area contributed by atoms with E-state index < -0.39 is 0 Å². The van der Waals surface area contributed by atoms with E-state index in [0.717, 1.165) is 11.8 Å². The number of rotatable bonds is 2. The molecule has 3 aliphatic carbocycles.